The van der Waals surface area contributed by atoms with Crippen molar-refractivity contribution in [3.05, 3.63) is 0 Å². The van der Waals surface area contributed by atoms with Crippen LogP contribution in [0.25, 0.3) is 0 Å². The molecule has 1 amide bonds. The van der Waals surface area contributed by atoms with Crippen molar-refractivity contribution in [3.63, 3.8) is 0 Å². The molecule has 0 aromatic rings. The van der Waals surface area contributed by atoms with Gasteiger partial charge in [0.2, 0.25) is 5.91 Å². The number of hydrogen-bond donors (Lipinski definition) is 2. The Labute approximate surface area is 135 Å². The number of carboxylic acid groups (broad SMARTS) is 1. The van der Waals surface area contributed by atoms with Crippen LogP contribution >= 0.6 is 0 Å². The smallest absolute Gasteiger partial charge is 0.305 e. The van der Waals surface area contributed by atoms with E-state index in [0.29, 0.717) is 11.0 Å². The number of ketones is 1. The number of carboxylic acids is 1. The number of carbonyl (C=O) groups excluding carboxylic acids is 2. The number of amides is 1. The zero-order valence-electron chi connectivity index (χ0n) is 15.5. The third-order valence-corrected chi connectivity index (χ3v) is 2.26. The van der Waals surface area contributed by atoms with Crippen LogP contribution in [0.5, 0.6) is 0 Å². The third-order valence-electron chi connectivity index (χ3n) is 2.26. The molecule has 0 aliphatic carbocycles. The molecule has 0 aromatic carbocycles. The van der Waals surface area contributed by atoms with E-state index in [1.165, 1.54) is 6.92 Å². The molecule has 0 fully saturated rings. The van der Waals surface area contributed by atoms with Crippen LogP contribution in [0.2, 0.25) is 0 Å². The molecule has 0 heterocycles. The van der Waals surface area contributed by atoms with Crippen LogP contribution in [0.15, 0.2) is 0 Å². The van der Waals surface area contributed by atoms with Gasteiger partial charge in [-0.05, 0) is 6.92 Å². The van der Waals surface area contributed by atoms with E-state index in [1.54, 1.807) is 0 Å². The van der Waals surface area contributed by atoms with E-state index in [9.17, 15) is 14.4 Å². The first-order valence-electron chi connectivity index (χ1n) is 7.91. The van der Waals surface area contributed by atoms with Crippen molar-refractivity contribution < 1.29 is 24.0 Å². The van der Waals surface area contributed by atoms with E-state index in [1.807, 2.05) is 48.8 Å². The van der Waals surface area contributed by atoms with Gasteiger partial charge >= 0.3 is 5.97 Å². The van der Waals surface area contributed by atoms with E-state index >= 15 is 0 Å². The molecule has 0 rings (SSSR count). The third kappa shape index (κ3) is 20.9. The summed E-state index contributed by atoms with van der Waals surface area (Å²) in [5.74, 6) is -1.27. The van der Waals surface area contributed by atoms with Crippen molar-refractivity contribution in [2.45, 2.75) is 59.9 Å². The number of carbonyl (C=O) groups is 3. The van der Waals surface area contributed by atoms with Crippen LogP contribution in [0.1, 0.15) is 53.9 Å². The van der Waals surface area contributed by atoms with Gasteiger partial charge in [0, 0.05) is 12.8 Å². The fourth-order valence-electron chi connectivity index (χ4n) is 1.62. The summed E-state index contributed by atoms with van der Waals surface area (Å²) < 4.78 is 0.560. The van der Waals surface area contributed by atoms with Crippen LogP contribution in [-0.4, -0.2) is 61.0 Å². The number of Topliss-reactive ketones (excluding diaryl/α,β-unsaturated/α-hetero) is 1. The Morgan fingerprint density at radius 3 is 1.77 bits per heavy atom. The Balaban J connectivity index is -0.000000826. The number of nitrogens with zero attached hydrogens (tertiary/aromatic N) is 1. The number of aliphatic carboxylic acids is 1. The van der Waals surface area contributed by atoms with Crippen molar-refractivity contribution in [2.75, 3.05) is 27.7 Å². The molecule has 0 aliphatic rings. The molecular weight excluding hydrogens is 284 g/mol. The minimum absolute atomic E-state index is 0.0495. The van der Waals surface area contributed by atoms with Crippen LogP contribution < -0.4 is 5.32 Å². The first-order valence-corrected chi connectivity index (χ1v) is 7.91. The highest BCUT2D eigenvalue weighted by Crippen LogP contribution is 2.01. The van der Waals surface area contributed by atoms with Gasteiger partial charge in [-0.15, -0.1) is 0 Å². The molecule has 0 aliphatic heterocycles. The molecule has 0 radical (unpaired) electrons. The summed E-state index contributed by atoms with van der Waals surface area (Å²) in [6.45, 7) is 9.95. The largest absolute Gasteiger partial charge is 0.481 e. The van der Waals surface area contributed by atoms with Gasteiger partial charge in [0.15, 0.2) is 0 Å². The first-order chi connectivity index (χ1) is 10.1. The fraction of sp³-hybridized carbons (Fsp3) is 0.812. The highest BCUT2D eigenvalue weighted by Gasteiger charge is 2.22. The number of quaternary nitrogens is 1. The lowest BCUT2D eigenvalue weighted by molar-refractivity contribution is -0.871. The van der Waals surface area contributed by atoms with E-state index < -0.39 is 12.0 Å². The monoisotopic (exact) mass is 319 g/mol. The highest BCUT2D eigenvalue weighted by molar-refractivity contribution is 5.84. The molecule has 0 saturated carbocycles. The molecule has 1 atom stereocenters. The van der Waals surface area contributed by atoms with Gasteiger partial charge in [-0.1, -0.05) is 27.7 Å². The van der Waals surface area contributed by atoms with Gasteiger partial charge < -0.3 is 19.7 Å². The van der Waals surface area contributed by atoms with E-state index in [4.69, 9.17) is 5.11 Å². The molecule has 0 saturated heterocycles. The summed E-state index contributed by atoms with van der Waals surface area (Å²) >= 11 is 0. The number of rotatable bonds is 8. The standard InChI is InChI=1S/C12H22N2O4.2C2H6/c1-9(15)5-6-11(16)13-10(7-12(17)18)8-14(2,3)4;2*1-2/h10H,5-8H2,1-4H3,(H-,13,16,17,18);2*1-2H3/p+1. The summed E-state index contributed by atoms with van der Waals surface area (Å²) in [5, 5.41) is 11.5. The minimum atomic E-state index is -0.944. The lowest BCUT2D eigenvalue weighted by Crippen LogP contribution is -2.49. The van der Waals surface area contributed by atoms with Crippen molar-refractivity contribution in [1.82, 2.24) is 5.32 Å². The molecule has 22 heavy (non-hydrogen) atoms. The second-order valence-corrected chi connectivity index (χ2v) is 5.54. The molecule has 2 N–H and O–H groups in total. The molecule has 0 bridgehead atoms. The van der Waals surface area contributed by atoms with Crippen molar-refractivity contribution in [1.29, 1.82) is 0 Å². The lowest BCUT2D eigenvalue weighted by Gasteiger charge is -2.29. The van der Waals surface area contributed by atoms with Gasteiger partial charge in [-0.3, -0.25) is 9.59 Å². The van der Waals surface area contributed by atoms with Crippen LogP contribution in [-0.2, 0) is 14.4 Å². The zero-order chi connectivity index (χ0) is 18.3. The maximum absolute atomic E-state index is 11.6. The summed E-state index contributed by atoms with van der Waals surface area (Å²) in [6.07, 6.45) is 0.194. The van der Waals surface area contributed by atoms with E-state index in [2.05, 4.69) is 5.32 Å². The second kappa shape index (κ2) is 14.5. The molecule has 6 heteroatoms. The van der Waals surface area contributed by atoms with Gasteiger partial charge in [0.1, 0.15) is 5.78 Å². The van der Waals surface area contributed by atoms with Gasteiger partial charge in [0.25, 0.3) is 0 Å². The summed E-state index contributed by atoms with van der Waals surface area (Å²) in [6, 6.07) is -0.415. The highest BCUT2D eigenvalue weighted by atomic mass is 16.4. The quantitative estimate of drug-likeness (QED) is 0.671. The number of nitrogens with one attached hydrogen (secondary N) is 1. The Morgan fingerprint density at radius 1 is 1.00 bits per heavy atom. The van der Waals surface area contributed by atoms with Crippen molar-refractivity contribution in [3.8, 4) is 0 Å². The summed E-state index contributed by atoms with van der Waals surface area (Å²) in [4.78, 5) is 33.1. The number of hydrogen-bond acceptors (Lipinski definition) is 3. The van der Waals surface area contributed by atoms with Crippen molar-refractivity contribution >= 4 is 17.7 Å². The Hall–Kier alpha value is -1.43. The topological polar surface area (TPSA) is 83.5 Å². The maximum atomic E-state index is 11.6. The molecule has 0 aromatic heterocycles. The molecular formula is C16H35N2O4+. The summed E-state index contributed by atoms with van der Waals surface area (Å²) in [7, 11) is 5.78. The maximum Gasteiger partial charge on any atom is 0.305 e. The summed E-state index contributed by atoms with van der Waals surface area (Å²) in [5.41, 5.74) is 0. The minimum Gasteiger partial charge on any atom is -0.481 e. The zero-order valence-corrected chi connectivity index (χ0v) is 15.5. The van der Waals surface area contributed by atoms with Crippen LogP contribution in [0, 0.1) is 0 Å². The van der Waals surface area contributed by atoms with Crippen molar-refractivity contribution in [2.24, 2.45) is 0 Å². The Bertz CT molecular complexity index is 323. The average molecular weight is 319 g/mol. The average Bonchev–Trinajstić information content (AvgIpc) is 2.38. The second-order valence-electron chi connectivity index (χ2n) is 5.54. The Kier molecular flexibility index (Phi) is 16.8. The van der Waals surface area contributed by atoms with E-state index in [-0.39, 0.29) is 31.0 Å². The molecule has 6 nitrogen and oxygen atoms in total. The number of likely N-dealkylation sites (N-methyl/N-ethyl adjacent to an activating group) is 1. The van der Waals surface area contributed by atoms with Gasteiger partial charge in [0.05, 0.1) is 40.2 Å². The molecule has 0 spiro atoms. The molecule has 132 valence electrons. The predicted molar refractivity (Wildman–Crippen MR) is 89.7 cm³/mol. The SMILES string of the molecule is CC.CC.CC(=O)CCC(=O)NC(CC(=O)O)C[N+](C)(C)C. The Morgan fingerprint density at radius 2 is 1.45 bits per heavy atom. The first kappa shape index (κ1) is 25.5. The van der Waals surface area contributed by atoms with Gasteiger partial charge in [-0.2, -0.15) is 0 Å². The van der Waals surface area contributed by atoms with Gasteiger partial charge in [-0.25, -0.2) is 0 Å². The normalized spacial score (nSPS) is 11.1. The van der Waals surface area contributed by atoms with Crippen LogP contribution in [0.4, 0.5) is 0 Å². The lowest BCUT2D eigenvalue weighted by atomic mass is 10.1. The van der Waals surface area contributed by atoms with Crippen LogP contribution in [0.3, 0.4) is 0 Å². The fourth-order valence-corrected chi connectivity index (χ4v) is 1.62. The van der Waals surface area contributed by atoms with E-state index in [0.717, 1.165) is 0 Å². The predicted octanol–water partition coefficient (Wildman–Crippen LogP) is 2.07. The molecule has 1 unspecified atom stereocenters.